The smallest absolute Gasteiger partial charge is 0.244 e. The summed E-state index contributed by atoms with van der Waals surface area (Å²) in [5.41, 5.74) is 1.86. The first-order valence-corrected chi connectivity index (χ1v) is 8.79. The van der Waals surface area contributed by atoms with Gasteiger partial charge in [0.25, 0.3) is 0 Å². The van der Waals surface area contributed by atoms with Gasteiger partial charge in [-0.05, 0) is 18.7 Å². The summed E-state index contributed by atoms with van der Waals surface area (Å²) in [6.45, 7) is 2.57. The van der Waals surface area contributed by atoms with Crippen LogP contribution in [0.1, 0.15) is 23.2 Å². The lowest BCUT2D eigenvalue weighted by Gasteiger charge is -2.38. The van der Waals surface area contributed by atoms with Crippen molar-refractivity contribution in [3.63, 3.8) is 0 Å². The number of amides is 1. The molecule has 6 nitrogen and oxygen atoms in total. The molecule has 0 aliphatic carbocycles. The molecule has 1 aromatic heterocycles. The minimum absolute atomic E-state index is 0.0771. The zero-order valence-corrected chi connectivity index (χ0v) is 14.9. The maximum atomic E-state index is 12.9. The Kier molecular flexibility index (Phi) is 5.95. The SMILES string of the molecule is CNC(C(=O)N1CCN(C(C#N)c2cccnc2)CC1)c1ccccc1. The number of nitrogens with one attached hydrogen (secondary N) is 1. The number of pyridine rings is 1. The Morgan fingerprint density at radius 2 is 1.81 bits per heavy atom. The summed E-state index contributed by atoms with van der Waals surface area (Å²) in [6.07, 6.45) is 3.44. The van der Waals surface area contributed by atoms with E-state index in [1.54, 1.807) is 19.4 Å². The van der Waals surface area contributed by atoms with Gasteiger partial charge in [0.1, 0.15) is 12.1 Å². The van der Waals surface area contributed by atoms with Gasteiger partial charge in [-0.15, -0.1) is 0 Å². The van der Waals surface area contributed by atoms with E-state index < -0.39 is 0 Å². The largest absolute Gasteiger partial charge is 0.338 e. The summed E-state index contributed by atoms with van der Waals surface area (Å²) in [6, 6.07) is 15.2. The summed E-state index contributed by atoms with van der Waals surface area (Å²) in [5.74, 6) is 0.0771. The van der Waals surface area contributed by atoms with Gasteiger partial charge in [0, 0.05) is 44.1 Å². The van der Waals surface area contributed by atoms with E-state index in [1.807, 2.05) is 47.4 Å². The Bertz CT molecular complexity index is 751. The summed E-state index contributed by atoms with van der Waals surface area (Å²) in [7, 11) is 1.81. The van der Waals surface area contributed by atoms with Crippen molar-refractivity contribution in [2.75, 3.05) is 33.2 Å². The molecule has 3 rings (SSSR count). The predicted octanol–water partition coefficient (Wildman–Crippen LogP) is 1.75. The number of nitriles is 1. The first-order valence-electron chi connectivity index (χ1n) is 8.79. The maximum Gasteiger partial charge on any atom is 0.244 e. The van der Waals surface area contributed by atoms with Crippen LogP contribution in [-0.4, -0.2) is 53.9 Å². The van der Waals surface area contributed by atoms with Crippen LogP contribution >= 0.6 is 0 Å². The summed E-state index contributed by atoms with van der Waals surface area (Å²) < 4.78 is 0. The number of carbonyl (C=O) groups is 1. The number of hydrogen-bond acceptors (Lipinski definition) is 5. The molecule has 0 spiro atoms. The topological polar surface area (TPSA) is 72.3 Å². The van der Waals surface area contributed by atoms with Gasteiger partial charge in [-0.2, -0.15) is 5.26 Å². The molecule has 26 heavy (non-hydrogen) atoms. The number of nitrogens with zero attached hydrogens (tertiary/aromatic N) is 4. The third-order valence-electron chi connectivity index (χ3n) is 4.78. The minimum Gasteiger partial charge on any atom is -0.338 e. The summed E-state index contributed by atoms with van der Waals surface area (Å²) >= 11 is 0. The monoisotopic (exact) mass is 349 g/mol. The number of benzene rings is 1. The van der Waals surface area contributed by atoms with Gasteiger partial charge in [0.05, 0.1) is 6.07 Å². The van der Waals surface area contributed by atoms with Crippen molar-refractivity contribution < 1.29 is 4.79 Å². The summed E-state index contributed by atoms with van der Waals surface area (Å²) in [4.78, 5) is 21.0. The number of rotatable bonds is 5. The highest BCUT2D eigenvalue weighted by atomic mass is 16.2. The van der Waals surface area contributed by atoms with Crippen molar-refractivity contribution in [1.29, 1.82) is 5.26 Å². The van der Waals surface area contributed by atoms with Crippen LogP contribution in [0, 0.1) is 11.3 Å². The lowest BCUT2D eigenvalue weighted by molar-refractivity contribution is -0.135. The zero-order chi connectivity index (χ0) is 18.4. The van der Waals surface area contributed by atoms with Crippen molar-refractivity contribution in [1.82, 2.24) is 20.1 Å². The number of carbonyl (C=O) groups excluding carboxylic acids is 1. The van der Waals surface area contributed by atoms with E-state index in [0.29, 0.717) is 26.2 Å². The first kappa shape index (κ1) is 18.1. The average molecular weight is 349 g/mol. The van der Waals surface area contributed by atoms with Crippen LogP contribution in [0.5, 0.6) is 0 Å². The van der Waals surface area contributed by atoms with Crippen LogP contribution < -0.4 is 5.32 Å². The lowest BCUT2D eigenvalue weighted by Crippen LogP contribution is -2.51. The van der Waals surface area contributed by atoms with Gasteiger partial charge < -0.3 is 10.2 Å². The molecule has 134 valence electrons. The van der Waals surface area contributed by atoms with Gasteiger partial charge >= 0.3 is 0 Å². The van der Waals surface area contributed by atoms with Crippen LogP contribution in [0.3, 0.4) is 0 Å². The molecular weight excluding hydrogens is 326 g/mol. The first-order chi connectivity index (χ1) is 12.7. The Balaban J connectivity index is 1.64. The Labute approximate surface area is 154 Å². The van der Waals surface area contributed by atoms with E-state index in [4.69, 9.17) is 0 Å². The molecule has 1 amide bonds. The molecule has 0 saturated carbocycles. The second kappa shape index (κ2) is 8.56. The normalized spacial score (nSPS) is 17.3. The molecule has 1 aliphatic rings. The molecule has 1 fully saturated rings. The van der Waals surface area contributed by atoms with E-state index in [-0.39, 0.29) is 18.0 Å². The van der Waals surface area contributed by atoms with E-state index in [1.165, 1.54) is 0 Å². The lowest BCUT2D eigenvalue weighted by atomic mass is 10.0. The highest BCUT2D eigenvalue weighted by Crippen LogP contribution is 2.22. The van der Waals surface area contributed by atoms with Crippen molar-refractivity contribution in [2.24, 2.45) is 0 Å². The Hall–Kier alpha value is -2.75. The molecule has 1 aromatic carbocycles. The number of hydrogen-bond donors (Lipinski definition) is 1. The summed E-state index contributed by atoms with van der Waals surface area (Å²) in [5, 5.41) is 12.7. The fourth-order valence-corrected chi connectivity index (χ4v) is 3.37. The van der Waals surface area contributed by atoms with Crippen molar-refractivity contribution in [2.45, 2.75) is 12.1 Å². The number of likely N-dealkylation sites (N-methyl/N-ethyl adjacent to an activating group) is 1. The fraction of sp³-hybridized carbons (Fsp3) is 0.350. The van der Waals surface area contributed by atoms with Gasteiger partial charge in [-0.3, -0.25) is 14.7 Å². The van der Waals surface area contributed by atoms with Crippen LogP contribution in [0.2, 0.25) is 0 Å². The van der Waals surface area contributed by atoms with Crippen molar-refractivity contribution >= 4 is 5.91 Å². The standard InChI is InChI=1S/C20H23N5O/c1-22-19(16-6-3-2-4-7-16)20(26)25-12-10-24(11-13-25)18(14-21)17-8-5-9-23-15-17/h2-9,15,18-19,22H,10-13H2,1H3. The van der Waals surface area contributed by atoms with E-state index in [0.717, 1.165) is 11.1 Å². The van der Waals surface area contributed by atoms with E-state index >= 15 is 0 Å². The van der Waals surface area contributed by atoms with Crippen molar-refractivity contribution in [3.05, 3.63) is 66.0 Å². The average Bonchev–Trinajstić information content (AvgIpc) is 2.71. The molecule has 0 bridgehead atoms. The fourth-order valence-electron chi connectivity index (χ4n) is 3.37. The quantitative estimate of drug-likeness (QED) is 0.890. The van der Waals surface area contributed by atoms with Crippen LogP contribution in [0.15, 0.2) is 54.9 Å². The van der Waals surface area contributed by atoms with Gasteiger partial charge in [-0.25, -0.2) is 0 Å². The van der Waals surface area contributed by atoms with E-state index in [2.05, 4.69) is 21.3 Å². The third-order valence-corrected chi connectivity index (χ3v) is 4.78. The Morgan fingerprint density at radius 1 is 1.12 bits per heavy atom. The molecule has 1 N–H and O–H groups in total. The second-order valence-corrected chi connectivity index (χ2v) is 6.31. The van der Waals surface area contributed by atoms with Crippen molar-refractivity contribution in [3.8, 4) is 6.07 Å². The van der Waals surface area contributed by atoms with Crippen LogP contribution in [0.25, 0.3) is 0 Å². The number of piperazine rings is 1. The molecule has 2 heterocycles. The van der Waals surface area contributed by atoms with Gasteiger partial charge in [-0.1, -0.05) is 36.4 Å². The van der Waals surface area contributed by atoms with Crippen LogP contribution in [0.4, 0.5) is 0 Å². The van der Waals surface area contributed by atoms with Gasteiger partial charge in [0.2, 0.25) is 5.91 Å². The van der Waals surface area contributed by atoms with E-state index in [9.17, 15) is 10.1 Å². The van der Waals surface area contributed by atoms with Gasteiger partial charge in [0.15, 0.2) is 0 Å². The predicted molar refractivity (Wildman–Crippen MR) is 99.0 cm³/mol. The third kappa shape index (κ3) is 3.90. The molecule has 1 saturated heterocycles. The zero-order valence-electron chi connectivity index (χ0n) is 14.9. The second-order valence-electron chi connectivity index (χ2n) is 6.31. The minimum atomic E-state index is -0.340. The molecule has 6 heteroatoms. The molecule has 2 unspecified atom stereocenters. The Morgan fingerprint density at radius 3 is 2.38 bits per heavy atom. The molecular formula is C20H23N5O. The highest BCUT2D eigenvalue weighted by Gasteiger charge is 2.30. The molecule has 1 aliphatic heterocycles. The molecule has 2 atom stereocenters. The van der Waals surface area contributed by atoms with Crippen LogP contribution in [-0.2, 0) is 4.79 Å². The molecule has 0 radical (unpaired) electrons. The maximum absolute atomic E-state index is 12.9. The molecule has 2 aromatic rings. The highest BCUT2D eigenvalue weighted by molar-refractivity contribution is 5.83. The number of aromatic nitrogens is 1.